The summed E-state index contributed by atoms with van der Waals surface area (Å²) in [6, 6.07) is 0. The van der Waals surface area contributed by atoms with Gasteiger partial charge in [-0.1, -0.05) is 81.9 Å². The molecular formula is C22H34O3. The maximum atomic E-state index is 11.0. The first-order valence-electron chi connectivity index (χ1n) is 9.44. The monoisotopic (exact) mass is 346 g/mol. The third kappa shape index (κ3) is 18.2. The first-order chi connectivity index (χ1) is 12.2. The van der Waals surface area contributed by atoms with Gasteiger partial charge in [-0.05, 0) is 31.9 Å². The van der Waals surface area contributed by atoms with Crippen LogP contribution in [0.1, 0.15) is 65.2 Å². The average molecular weight is 347 g/mol. The summed E-state index contributed by atoms with van der Waals surface area (Å²) < 4.78 is 4.75. The van der Waals surface area contributed by atoms with Gasteiger partial charge in [-0.3, -0.25) is 0 Å². The predicted molar refractivity (Wildman–Crippen MR) is 107 cm³/mol. The van der Waals surface area contributed by atoms with Crippen LogP contribution in [0.3, 0.4) is 0 Å². The van der Waals surface area contributed by atoms with Gasteiger partial charge in [0.25, 0.3) is 0 Å². The van der Waals surface area contributed by atoms with E-state index in [1.165, 1.54) is 51.0 Å². The summed E-state index contributed by atoms with van der Waals surface area (Å²) in [5.74, 6) is -0.153. The first kappa shape index (κ1) is 23.0. The van der Waals surface area contributed by atoms with Crippen molar-refractivity contribution in [2.45, 2.75) is 65.2 Å². The second-order valence-corrected chi connectivity index (χ2v) is 5.78. The third-order valence-electron chi connectivity index (χ3n) is 3.50. The van der Waals surface area contributed by atoms with Gasteiger partial charge < -0.3 is 9.84 Å². The van der Waals surface area contributed by atoms with E-state index in [1.807, 2.05) is 6.08 Å². The minimum Gasteiger partial charge on any atom is -0.508 e. The van der Waals surface area contributed by atoms with Crippen LogP contribution >= 0.6 is 0 Å². The largest absolute Gasteiger partial charge is 0.508 e. The van der Waals surface area contributed by atoms with E-state index >= 15 is 0 Å². The summed E-state index contributed by atoms with van der Waals surface area (Å²) >= 11 is 0. The van der Waals surface area contributed by atoms with Gasteiger partial charge in [0.1, 0.15) is 5.76 Å². The van der Waals surface area contributed by atoms with Crippen molar-refractivity contribution >= 4 is 5.97 Å². The van der Waals surface area contributed by atoms with E-state index in [4.69, 9.17) is 4.74 Å². The van der Waals surface area contributed by atoms with E-state index < -0.39 is 0 Å². The number of aliphatic hydroxyl groups is 1. The number of esters is 1. The Morgan fingerprint density at radius 3 is 2.16 bits per heavy atom. The lowest BCUT2D eigenvalue weighted by Crippen LogP contribution is -1.98. The number of ether oxygens (including phenoxy) is 1. The van der Waals surface area contributed by atoms with Crippen LogP contribution in [0.4, 0.5) is 0 Å². The minimum atomic E-state index is -0.357. The molecule has 0 spiro atoms. The Bertz CT molecular complexity index is 468. The number of hydrogen-bond donors (Lipinski definition) is 1. The Hall–Kier alpha value is -2.03. The van der Waals surface area contributed by atoms with Crippen molar-refractivity contribution < 1.29 is 14.6 Å². The van der Waals surface area contributed by atoms with E-state index in [0.29, 0.717) is 6.61 Å². The summed E-state index contributed by atoms with van der Waals surface area (Å²) in [7, 11) is 0. The fourth-order valence-corrected chi connectivity index (χ4v) is 2.14. The molecule has 0 aliphatic carbocycles. The quantitative estimate of drug-likeness (QED) is 0.131. The van der Waals surface area contributed by atoms with Crippen LogP contribution in [0, 0.1) is 0 Å². The fourth-order valence-electron chi connectivity index (χ4n) is 2.14. The van der Waals surface area contributed by atoms with Gasteiger partial charge in [0.05, 0.1) is 6.61 Å². The summed E-state index contributed by atoms with van der Waals surface area (Å²) in [5, 5.41) is 9.68. The molecule has 3 heteroatoms. The van der Waals surface area contributed by atoms with Gasteiger partial charge >= 0.3 is 5.97 Å². The molecule has 0 saturated heterocycles. The topological polar surface area (TPSA) is 46.5 Å². The molecule has 0 aliphatic heterocycles. The lowest BCUT2D eigenvalue weighted by atomic mass is 10.1. The molecule has 0 heterocycles. The van der Waals surface area contributed by atoms with Crippen LogP contribution in [0.15, 0.2) is 60.4 Å². The van der Waals surface area contributed by atoms with E-state index in [2.05, 4.69) is 13.0 Å². The highest BCUT2D eigenvalue weighted by Crippen LogP contribution is 2.08. The van der Waals surface area contributed by atoms with Crippen LogP contribution in [0.25, 0.3) is 0 Å². The van der Waals surface area contributed by atoms with Crippen LogP contribution in [0.2, 0.25) is 0 Å². The molecule has 25 heavy (non-hydrogen) atoms. The van der Waals surface area contributed by atoms with Crippen molar-refractivity contribution in [3.05, 3.63) is 60.4 Å². The van der Waals surface area contributed by atoms with Crippen LogP contribution < -0.4 is 0 Å². The smallest absolute Gasteiger partial charge is 0.330 e. The number of unbranched alkanes of at least 4 members (excludes halogenated alkanes) is 7. The number of carbonyl (C=O) groups is 1. The van der Waals surface area contributed by atoms with E-state index in [1.54, 1.807) is 43.4 Å². The zero-order valence-corrected chi connectivity index (χ0v) is 15.8. The highest BCUT2D eigenvalue weighted by atomic mass is 16.5. The third-order valence-corrected chi connectivity index (χ3v) is 3.50. The Morgan fingerprint density at radius 1 is 0.840 bits per heavy atom. The minimum absolute atomic E-state index is 0.204. The Balaban J connectivity index is 3.80. The molecule has 0 aromatic heterocycles. The van der Waals surface area contributed by atoms with Gasteiger partial charge in [0, 0.05) is 6.08 Å². The zero-order valence-electron chi connectivity index (χ0n) is 15.8. The highest BCUT2D eigenvalue weighted by molar-refractivity contribution is 5.82. The lowest BCUT2D eigenvalue weighted by Gasteiger charge is -1.98. The standard InChI is InChI=1S/C22H34O3/c1-3-5-6-7-8-9-10-11-12-15-18-21(23)19-16-13-14-17-20-22(24)25-4-2/h12-20,23H,3-11H2,1-2H3/b14-13+,15-12+,19-16+,20-17+,21-18-. The normalized spacial score (nSPS) is 13.0. The Kier molecular flexibility index (Phi) is 16.8. The van der Waals surface area contributed by atoms with E-state index in [0.717, 1.165) is 6.42 Å². The predicted octanol–water partition coefficient (Wildman–Crippen LogP) is 6.36. The van der Waals surface area contributed by atoms with Crippen LogP contribution in [-0.4, -0.2) is 17.7 Å². The molecule has 0 aliphatic rings. The molecule has 0 bridgehead atoms. The maximum absolute atomic E-state index is 11.0. The molecule has 0 aromatic rings. The molecule has 0 amide bonds. The van der Waals surface area contributed by atoms with Gasteiger partial charge in [0.2, 0.25) is 0 Å². The Labute approximate surface area is 153 Å². The first-order valence-corrected chi connectivity index (χ1v) is 9.44. The average Bonchev–Trinajstić information content (AvgIpc) is 2.60. The SMILES string of the molecule is CCCCCCCCC/C=C/C=C(O)/C=C/C=C/C=C/C(=O)OCC. The number of carbonyl (C=O) groups excluding carboxylic acids is 1. The molecule has 0 rings (SSSR count). The second-order valence-electron chi connectivity index (χ2n) is 5.78. The molecule has 0 aromatic carbocycles. The molecule has 0 radical (unpaired) electrons. The maximum Gasteiger partial charge on any atom is 0.330 e. The lowest BCUT2D eigenvalue weighted by molar-refractivity contribution is -0.137. The molecular weight excluding hydrogens is 312 g/mol. The number of aliphatic hydroxyl groups excluding tert-OH is 1. The van der Waals surface area contributed by atoms with Crippen molar-refractivity contribution in [2.75, 3.05) is 6.61 Å². The van der Waals surface area contributed by atoms with Gasteiger partial charge in [-0.15, -0.1) is 0 Å². The molecule has 140 valence electrons. The molecule has 0 unspecified atom stereocenters. The molecule has 0 fully saturated rings. The van der Waals surface area contributed by atoms with Gasteiger partial charge in [-0.25, -0.2) is 4.79 Å². The molecule has 0 saturated carbocycles. The number of rotatable bonds is 14. The zero-order chi connectivity index (χ0) is 18.6. The second kappa shape index (κ2) is 18.3. The van der Waals surface area contributed by atoms with Crippen molar-refractivity contribution in [3.8, 4) is 0 Å². The van der Waals surface area contributed by atoms with E-state index in [-0.39, 0.29) is 11.7 Å². The molecule has 3 nitrogen and oxygen atoms in total. The van der Waals surface area contributed by atoms with Crippen molar-refractivity contribution in [3.63, 3.8) is 0 Å². The molecule has 1 N–H and O–H groups in total. The summed E-state index contributed by atoms with van der Waals surface area (Å²) in [4.78, 5) is 11.0. The van der Waals surface area contributed by atoms with Crippen molar-refractivity contribution in [2.24, 2.45) is 0 Å². The summed E-state index contributed by atoms with van der Waals surface area (Å²) in [6.07, 6.45) is 25.6. The molecule has 0 atom stereocenters. The fraction of sp³-hybridized carbons (Fsp3) is 0.500. The van der Waals surface area contributed by atoms with E-state index in [9.17, 15) is 9.90 Å². The number of hydrogen-bond acceptors (Lipinski definition) is 3. The van der Waals surface area contributed by atoms with Crippen molar-refractivity contribution in [1.82, 2.24) is 0 Å². The number of allylic oxidation sites excluding steroid dienone is 8. The van der Waals surface area contributed by atoms with Gasteiger partial charge in [-0.2, -0.15) is 0 Å². The van der Waals surface area contributed by atoms with Crippen molar-refractivity contribution in [1.29, 1.82) is 0 Å². The summed E-state index contributed by atoms with van der Waals surface area (Å²) in [5.41, 5.74) is 0. The van der Waals surface area contributed by atoms with Crippen LogP contribution in [-0.2, 0) is 9.53 Å². The summed E-state index contributed by atoms with van der Waals surface area (Å²) in [6.45, 7) is 4.38. The van der Waals surface area contributed by atoms with Crippen LogP contribution in [0.5, 0.6) is 0 Å². The Morgan fingerprint density at radius 2 is 1.48 bits per heavy atom. The highest BCUT2D eigenvalue weighted by Gasteiger charge is 1.90. The van der Waals surface area contributed by atoms with Gasteiger partial charge in [0.15, 0.2) is 0 Å².